The van der Waals surface area contributed by atoms with Crippen molar-refractivity contribution in [3.63, 3.8) is 0 Å². The standard InChI is InChI=1S/C22H23IN2O3.C17H14N2O3.C5H10I2.CH2O3.2K.H/c1-27-20-12-17-18(13-21(20)28-10-6-2-5-9-23)24-14-16-11-15-7-3-4-8-19(15)25(16)22(17)26;1-22-16-7-12-13(8-15(16)20)18-9-11-6-10-4-2-3-5-14(10)19(11)17(12)21;6-4-2-1-3-5-7;2-1-4-3;;;/h3-4,7-8,12-14,16H,2,5-6,9-11H2,1H3;2-5,7-9,11,20H,6H2,1H3;1-5H2;1,3H;;;/q;;;;2*+1;-1/p-1/t16-;11-;;;;;/m00...../s1. The first-order valence-electron chi connectivity index (χ1n) is 19.8. The third kappa shape index (κ3) is 15.1. The van der Waals surface area contributed by atoms with Crippen molar-refractivity contribution in [3.05, 3.63) is 95.1 Å². The van der Waals surface area contributed by atoms with E-state index >= 15 is 0 Å². The van der Waals surface area contributed by atoms with E-state index in [2.05, 4.69) is 88.7 Å². The minimum Gasteiger partial charge on any atom is -1.00 e. The van der Waals surface area contributed by atoms with Gasteiger partial charge in [-0.25, -0.2) is 0 Å². The number of methoxy groups -OCH3 is 2. The number of aliphatic imine (C=N–C) groups is 2. The number of para-hydroxylation sites is 2. The Balaban J connectivity index is 0.000000349. The number of carbonyl (C=O) groups is 3. The number of hydrogen-bond donors (Lipinski definition) is 1. The maximum Gasteiger partial charge on any atom is 1.00 e. The van der Waals surface area contributed by atoms with Crippen molar-refractivity contribution < 1.29 is 148 Å². The van der Waals surface area contributed by atoms with E-state index in [0.29, 0.717) is 40.6 Å². The van der Waals surface area contributed by atoms with Crippen LogP contribution in [0.4, 0.5) is 22.7 Å². The van der Waals surface area contributed by atoms with Gasteiger partial charge in [-0.1, -0.05) is 111 Å². The summed E-state index contributed by atoms with van der Waals surface area (Å²) < 4.78 is 20.4. The third-order valence-electron chi connectivity index (χ3n) is 10.1. The van der Waals surface area contributed by atoms with Crippen LogP contribution in [0.15, 0.2) is 82.8 Å². The van der Waals surface area contributed by atoms with E-state index < -0.39 is 0 Å². The molecule has 326 valence electrons. The maximum absolute atomic E-state index is 13.3. The first kappa shape index (κ1) is 56.6. The van der Waals surface area contributed by atoms with Gasteiger partial charge in [0.05, 0.1) is 55.4 Å². The van der Waals surface area contributed by atoms with Crippen LogP contribution in [0.2, 0.25) is 0 Å². The number of aromatic hydroxyl groups is 1. The zero-order chi connectivity index (χ0) is 43.7. The molecule has 0 unspecified atom stereocenters. The predicted molar refractivity (Wildman–Crippen MR) is 264 cm³/mol. The molecular formula is C45H49I3K2N4O9. The van der Waals surface area contributed by atoms with Crippen LogP contribution < -0.4 is 132 Å². The van der Waals surface area contributed by atoms with E-state index in [1.165, 1.54) is 53.3 Å². The van der Waals surface area contributed by atoms with E-state index in [0.717, 1.165) is 47.0 Å². The van der Waals surface area contributed by atoms with Crippen LogP contribution in [0.1, 0.15) is 71.8 Å². The van der Waals surface area contributed by atoms with Crippen molar-refractivity contribution >= 4 is 121 Å². The molecule has 1 N–H and O–H groups in total. The number of unbranched alkanes of at least 4 members (excludes halogenated alkanes) is 4. The minimum atomic E-state index is -0.181. The number of rotatable bonds is 13. The molecule has 4 aliphatic heterocycles. The van der Waals surface area contributed by atoms with Gasteiger partial charge in [-0.3, -0.25) is 34.2 Å². The van der Waals surface area contributed by atoms with Crippen molar-refractivity contribution in [1.82, 2.24) is 0 Å². The number of amides is 2. The van der Waals surface area contributed by atoms with Crippen LogP contribution in [-0.4, -0.2) is 82.0 Å². The van der Waals surface area contributed by atoms with Gasteiger partial charge >= 0.3 is 103 Å². The van der Waals surface area contributed by atoms with E-state index in [1.54, 1.807) is 30.4 Å². The van der Waals surface area contributed by atoms with Gasteiger partial charge < -0.3 is 30.9 Å². The number of hydrogen-bond acceptors (Lipinski definition) is 11. The minimum absolute atomic E-state index is 0. The van der Waals surface area contributed by atoms with E-state index in [-0.39, 0.29) is 146 Å². The topological polar surface area (TPSA) is 163 Å². The summed E-state index contributed by atoms with van der Waals surface area (Å²) in [4.78, 5) is 50.2. The number of anilines is 2. The largest absolute Gasteiger partial charge is 1.00 e. The van der Waals surface area contributed by atoms with Crippen LogP contribution >= 0.6 is 67.8 Å². The summed E-state index contributed by atoms with van der Waals surface area (Å²) in [6.07, 6.45) is 12.8. The first-order chi connectivity index (χ1) is 29.7. The van der Waals surface area contributed by atoms with Crippen LogP contribution in [0, 0.1) is 0 Å². The fourth-order valence-corrected chi connectivity index (χ4v) is 8.82. The Morgan fingerprint density at radius 2 is 1.14 bits per heavy atom. The number of fused-ring (bicyclic) bond motifs is 8. The molecule has 0 spiro atoms. The molecule has 2 amide bonds. The van der Waals surface area contributed by atoms with Crippen molar-refractivity contribution in [3.8, 4) is 23.0 Å². The molecule has 13 nitrogen and oxygen atoms in total. The first-order valence-corrected chi connectivity index (χ1v) is 24.4. The molecule has 4 aromatic rings. The molecule has 0 aromatic heterocycles. The summed E-state index contributed by atoms with van der Waals surface area (Å²) in [5.74, 6) is 1.29. The number of ether oxygens (including phenoxy) is 3. The smallest absolute Gasteiger partial charge is 1.00 e. The van der Waals surface area contributed by atoms with Crippen LogP contribution in [-0.2, 0) is 22.5 Å². The molecule has 0 fully saturated rings. The Kier molecular flexibility index (Phi) is 26.8. The molecule has 4 aliphatic rings. The fraction of sp³-hybridized carbons (Fsp3) is 0.356. The molecule has 0 saturated carbocycles. The Bertz CT molecular complexity index is 2200. The molecule has 0 bridgehead atoms. The molecular weight excluding hydrogens is 1200 g/mol. The molecule has 8 rings (SSSR count). The molecule has 0 aliphatic carbocycles. The maximum atomic E-state index is 13.3. The van der Waals surface area contributed by atoms with Crippen molar-refractivity contribution in [2.75, 3.05) is 43.9 Å². The number of halogens is 3. The molecule has 4 heterocycles. The van der Waals surface area contributed by atoms with Gasteiger partial charge in [0.15, 0.2) is 23.0 Å². The molecule has 18 heteroatoms. The second-order valence-corrected chi connectivity index (χ2v) is 17.2. The van der Waals surface area contributed by atoms with Gasteiger partial charge in [-0.15, -0.1) is 0 Å². The Labute approximate surface area is 496 Å². The van der Waals surface area contributed by atoms with Crippen LogP contribution in [0.3, 0.4) is 0 Å². The van der Waals surface area contributed by atoms with Gasteiger partial charge in [-0.05, 0) is 80.8 Å². The summed E-state index contributed by atoms with van der Waals surface area (Å²) in [5.41, 5.74) is 6.29. The number of phenolic OH excluding ortho intramolecular Hbond substituents is 1. The zero-order valence-electron chi connectivity index (χ0n) is 36.9. The van der Waals surface area contributed by atoms with E-state index in [4.69, 9.17) is 24.3 Å². The number of nitrogens with zero attached hydrogens (tertiary/aromatic N) is 4. The van der Waals surface area contributed by atoms with Gasteiger partial charge in [0.25, 0.3) is 18.3 Å². The van der Waals surface area contributed by atoms with Gasteiger partial charge in [0.1, 0.15) is 0 Å². The van der Waals surface area contributed by atoms with Crippen molar-refractivity contribution in [1.29, 1.82) is 0 Å². The summed E-state index contributed by atoms with van der Waals surface area (Å²) in [6.45, 7) is 0.450. The fourth-order valence-electron chi connectivity index (χ4n) is 7.20. The Hall–Kier alpha value is -0.747. The Morgan fingerprint density at radius 1 is 0.698 bits per heavy atom. The number of benzene rings is 4. The average Bonchev–Trinajstić information content (AvgIpc) is 3.78. The summed E-state index contributed by atoms with van der Waals surface area (Å²) in [6, 6.07) is 22.4. The van der Waals surface area contributed by atoms with E-state index in [9.17, 15) is 14.7 Å². The average molecular weight is 1250 g/mol. The number of alkyl halides is 3. The van der Waals surface area contributed by atoms with Gasteiger partial charge in [0, 0.05) is 48.8 Å². The molecule has 63 heavy (non-hydrogen) atoms. The third-order valence-corrected chi connectivity index (χ3v) is 12.4. The summed E-state index contributed by atoms with van der Waals surface area (Å²) >= 11 is 7.24. The molecule has 0 radical (unpaired) electrons. The van der Waals surface area contributed by atoms with E-state index in [1.807, 2.05) is 59.6 Å². The second-order valence-electron chi connectivity index (χ2n) is 14.0. The normalized spacial score (nSPS) is 15.4. The quantitative estimate of drug-likeness (QED) is 0.0403. The predicted octanol–water partition coefficient (Wildman–Crippen LogP) is 3.24. The monoisotopic (exact) mass is 1250 g/mol. The van der Waals surface area contributed by atoms with Crippen molar-refractivity contribution in [2.24, 2.45) is 9.98 Å². The second kappa shape index (κ2) is 29.9. The van der Waals surface area contributed by atoms with Crippen LogP contribution in [0.5, 0.6) is 23.0 Å². The SMILES string of the molecule is COc1cc2c(cc1O)N=C[C@@H]1Cc3ccccc3N1C2=O.COc1cc2c(cc1OCCCCCI)N=C[C@@H]1Cc3ccccc3N1C2=O.ICCCCCI.O=CO[O-].[H-].[K+].[K+]. The van der Waals surface area contributed by atoms with Gasteiger partial charge in [-0.2, -0.15) is 0 Å². The number of carbonyl (C=O) groups excluding carboxylic acids is 3. The summed E-state index contributed by atoms with van der Waals surface area (Å²) in [5, 5.41) is 18.3. The van der Waals surface area contributed by atoms with Gasteiger partial charge in [0.2, 0.25) is 0 Å². The molecule has 4 aromatic carbocycles. The zero-order valence-corrected chi connectivity index (χ0v) is 48.7. The van der Waals surface area contributed by atoms with Crippen molar-refractivity contribution in [2.45, 2.75) is 63.5 Å². The molecule has 0 saturated heterocycles. The Morgan fingerprint density at radius 3 is 1.60 bits per heavy atom. The molecule has 2 atom stereocenters. The van der Waals surface area contributed by atoms with Crippen LogP contribution in [0.25, 0.3) is 0 Å². The summed E-state index contributed by atoms with van der Waals surface area (Å²) in [7, 11) is 3.06. The number of phenols is 1.